The van der Waals surface area contributed by atoms with Crippen molar-refractivity contribution in [2.24, 2.45) is 0 Å². The second kappa shape index (κ2) is 5.24. The maximum atomic E-state index is 12.0. The van der Waals surface area contributed by atoms with Gasteiger partial charge >= 0.3 is 5.97 Å². The van der Waals surface area contributed by atoms with E-state index in [1.54, 1.807) is 13.0 Å². The van der Waals surface area contributed by atoms with Crippen LogP contribution in [0, 0.1) is 0 Å². The van der Waals surface area contributed by atoms with Crippen molar-refractivity contribution < 1.29 is 14.3 Å². The highest BCUT2D eigenvalue weighted by molar-refractivity contribution is 6.07. The molecule has 1 aliphatic heterocycles. The van der Waals surface area contributed by atoms with Crippen LogP contribution >= 0.6 is 0 Å². The summed E-state index contributed by atoms with van der Waals surface area (Å²) in [4.78, 5) is 23.8. The van der Waals surface area contributed by atoms with Crippen LogP contribution in [0.1, 0.15) is 36.2 Å². The molecule has 5 heteroatoms. The number of aromatic nitrogens is 1. The van der Waals surface area contributed by atoms with E-state index in [-0.39, 0.29) is 11.9 Å². The predicted octanol–water partition coefficient (Wildman–Crippen LogP) is 2.72. The second-order valence-corrected chi connectivity index (χ2v) is 5.14. The molecule has 2 heterocycles. The van der Waals surface area contributed by atoms with Gasteiger partial charge in [0.1, 0.15) is 0 Å². The summed E-state index contributed by atoms with van der Waals surface area (Å²) in [6.45, 7) is 4.86. The highest BCUT2D eigenvalue weighted by atomic mass is 16.5. The normalized spacial score (nSPS) is 13.9. The lowest BCUT2D eigenvalue weighted by Crippen LogP contribution is -2.11. The summed E-state index contributed by atoms with van der Waals surface area (Å²) in [6, 6.07) is 3.57. The number of anilines is 1. The smallest absolute Gasteiger partial charge is 0.338 e. The summed E-state index contributed by atoms with van der Waals surface area (Å²) < 4.78 is 7.17. The molecular formula is C16H18N2O3. The van der Waals surface area contributed by atoms with Gasteiger partial charge in [0.25, 0.3) is 0 Å². The molecular weight excluding hydrogens is 268 g/mol. The minimum absolute atomic E-state index is 0.0287. The SMILES string of the molecule is CCOC(=O)c1cc2c3c(c1)c(CC)cn3CCC(=O)N2. The number of amides is 1. The Morgan fingerprint density at radius 3 is 2.90 bits per heavy atom. The van der Waals surface area contributed by atoms with E-state index in [0.29, 0.717) is 30.8 Å². The molecule has 0 spiro atoms. The number of esters is 1. The molecule has 0 saturated carbocycles. The van der Waals surface area contributed by atoms with E-state index in [0.717, 1.165) is 17.3 Å². The van der Waals surface area contributed by atoms with E-state index in [1.165, 1.54) is 5.56 Å². The summed E-state index contributed by atoms with van der Waals surface area (Å²) in [6.07, 6.45) is 3.39. The van der Waals surface area contributed by atoms with Gasteiger partial charge in [-0.15, -0.1) is 0 Å². The Kier molecular flexibility index (Phi) is 3.41. The maximum absolute atomic E-state index is 12.0. The van der Waals surface area contributed by atoms with Crippen LogP contribution in [0.3, 0.4) is 0 Å². The van der Waals surface area contributed by atoms with Crippen LogP contribution in [-0.4, -0.2) is 23.1 Å². The Bertz CT molecular complexity index is 731. The average molecular weight is 286 g/mol. The van der Waals surface area contributed by atoms with Crippen LogP contribution in [0.4, 0.5) is 5.69 Å². The fraction of sp³-hybridized carbons (Fsp3) is 0.375. The molecule has 1 aromatic heterocycles. The summed E-state index contributed by atoms with van der Waals surface area (Å²) in [5, 5.41) is 3.91. The third-order valence-corrected chi connectivity index (χ3v) is 3.80. The van der Waals surface area contributed by atoms with Gasteiger partial charge in [-0.25, -0.2) is 4.79 Å². The number of aryl methyl sites for hydroxylation is 2. The third-order valence-electron chi connectivity index (χ3n) is 3.80. The van der Waals surface area contributed by atoms with E-state index in [4.69, 9.17) is 4.74 Å². The molecule has 0 bridgehead atoms. The molecule has 0 unspecified atom stereocenters. The summed E-state index contributed by atoms with van der Waals surface area (Å²) >= 11 is 0. The third kappa shape index (κ3) is 2.28. The number of ether oxygens (including phenoxy) is 1. The molecule has 3 rings (SSSR count). The summed E-state index contributed by atoms with van der Waals surface area (Å²) in [7, 11) is 0. The van der Waals surface area contributed by atoms with Crippen molar-refractivity contribution >= 4 is 28.5 Å². The molecule has 2 aromatic rings. The quantitative estimate of drug-likeness (QED) is 0.883. The van der Waals surface area contributed by atoms with Crippen LogP contribution in [0.2, 0.25) is 0 Å². The number of benzene rings is 1. The first kappa shape index (κ1) is 13.7. The molecule has 1 aliphatic rings. The van der Waals surface area contributed by atoms with Gasteiger partial charge in [0.15, 0.2) is 0 Å². The van der Waals surface area contributed by atoms with Gasteiger partial charge in [0, 0.05) is 24.5 Å². The molecule has 1 N–H and O–H groups in total. The van der Waals surface area contributed by atoms with E-state index in [9.17, 15) is 9.59 Å². The number of rotatable bonds is 3. The molecule has 0 radical (unpaired) electrons. The van der Waals surface area contributed by atoms with E-state index in [2.05, 4.69) is 23.0 Å². The van der Waals surface area contributed by atoms with Crippen LogP contribution in [0.25, 0.3) is 10.9 Å². The monoisotopic (exact) mass is 286 g/mol. The lowest BCUT2D eigenvalue weighted by Gasteiger charge is -2.08. The zero-order valence-corrected chi connectivity index (χ0v) is 12.2. The Hall–Kier alpha value is -2.30. The molecule has 0 atom stereocenters. The highest BCUT2D eigenvalue weighted by Gasteiger charge is 2.20. The average Bonchev–Trinajstić information content (AvgIpc) is 2.74. The van der Waals surface area contributed by atoms with Gasteiger partial charge in [0.2, 0.25) is 5.91 Å². The van der Waals surface area contributed by atoms with Crippen molar-refractivity contribution in [1.29, 1.82) is 0 Å². The molecule has 0 fully saturated rings. The number of carbonyl (C=O) groups excluding carboxylic acids is 2. The van der Waals surface area contributed by atoms with Crippen molar-refractivity contribution in [3.05, 3.63) is 29.5 Å². The maximum Gasteiger partial charge on any atom is 0.338 e. The van der Waals surface area contributed by atoms with Gasteiger partial charge in [-0.1, -0.05) is 6.92 Å². The number of carbonyl (C=O) groups is 2. The predicted molar refractivity (Wildman–Crippen MR) is 80.5 cm³/mol. The van der Waals surface area contributed by atoms with Crippen molar-refractivity contribution in [3.8, 4) is 0 Å². The van der Waals surface area contributed by atoms with Gasteiger partial charge in [-0.05, 0) is 31.0 Å². The zero-order chi connectivity index (χ0) is 15.0. The standard InChI is InChI=1S/C16H18N2O3/c1-3-10-9-18-6-5-14(19)17-13-8-11(16(20)21-4-2)7-12(10)15(13)18/h7-9H,3-6H2,1-2H3,(H,17,19). The number of nitrogens with one attached hydrogen (secondary N) is 1. The molecule has 5 nitrogen and oxygen atoms in total. The molecule has 21 heavy (non-hydrogen) atoms. The summed E-state index contributed by atoms with van der Waals surface area (Å²) in [5.74, 6) is -0.386. The minimum atomic E-state index is -0.357. The summed E-state index contributed by atoms with van der Waals surface area (Å²) in [5.41, 5.74) is 3.34. The Morgan fingerprint density at radius 2 is 2.19 bits per heavy atom. The fourth-order valence-electron chi connectivity index (χ4n) is 2.83. The number of hydrogen-bond donors (Lipinski definition) is 1. The van der Waals surface area contributed by atoms with Crippen LogP contribution in [0.15, 0.2) is 18.3 Å². The Labute approximate surface area is 122 Å². The van der Waals surface area contributed by atoms with E-state index in [1.807, 2.05) is 6.07 Å². The van der Waals surface area contributed by atoms with Crippen molar-refractivity contribution in [2.75, 3.05) is 11.9 Å². The lowest BCUT2D eigenvalue weighted by molar-refractivity contribution is -0.116. The first-order chi connectivity index (χ1) is 10.1. The van der Waals surface area contributed by atoms with Crippen LogP contribution in [-0.2, 0) is 22.5 Å². The molecule has 0 saturated heterocycles. The van der Waals surface area contributed by atoms with E-state index < -0.39 is 0 Å². The van der Waals surface area contributed by atoms with Crippen LogP contribution < -0.4 is 5.32 Å². The van der Waals surface area contributed by atoms with Crippen LogP contribution in [0.5, 0.6) is 0 Å². The second-order valence-electron chi connectivity index (χ2n) is 5.14. The largest absolute Gasteiger partial charge is 0.462 e. The van der Waals surface area contributed by atoms with Gasteiger partial charge in [0.05, 0.1) is 23.4 Å². The van der Waals surface area contributed by atoms with E-state index >= 15 is 0 Å². The first-order valence-electron chi connectivity index (χ1n) is 7.26. The highest BCUT2D eigenvalue weighted by Crippen LogP contribution is 2.32. The topological polar surface area (TPSA) is 60.3 Å². The molecule has 0 aliphatic carbocycles. The van der Waals surface area contributed by atoms with Gasteiger partial charge < -0.3 is 14.6 Å². The zero-order valence-electron chi connectivity index (χ0n) is 12.2. The molecule has 1 amide bonds. The minimum Gasteiger partial charge on any atom is -0.462 e. The molecule has 110 valence electrons. The van der Waals surface area contributed by atoms with Crippen molar-refractivity contribution in [2.45, 2.75) is 33.2 Å². The first-order valence-corrected chi connectivity index (χ1v) is 7.26. The number of nitrogens with zero attached hydrogens (tertiary/aromatic N) is 1. The number of hydrogen-bond acceptors (Lipinski definition) is 3. The molecule has 1 aromatic carbocycles. The lowest BCUT2D eigenvalue weighted by atomic mass is 10.1. The fourth-order valence-corrected chi connectivity index (χ4v) is 2.83. The van der Waals surface area contributed by atoms with Gasteiger partial charge in [-0.3, -0.25) is 4.79 Å². The Balaban J connectivity index is 2.23. The Morgan fingerprint density at radius 1 is 1.38 bits per heavy atom. The van der Waals surface area contributed by atoms with Crippen molar-refractivity contribution in [3.63, 3.8) is 0 Å². The van der Waals surface area contributed by atoms with Gasteiger partial charge in [-0.2, -0.15) is 0 Å². The van der Waals surface area contributed by atoms with Crippen molar-refractivity contribution in [1.82, 2.24) is 4.57 Å².